The number of ether oxygens (including phenoxy) is 1. The van der Waals surface area contributed by atoms with Crippen LogP contribution in [0.3, 0.4) is 0 Å². The van der Waals surface area contributed by atoms with Crippen LogP contribution in [0.25, 0.3) is 0 Å². The zero-order chi connectivity index (χ0) is 19.2. The van der Waals surface area contributed by atoms with Crippen molar-refractivity contribution in [3.63, 3.8) is 0 Å². The van der Waals surface area contributed by atoms with Crippen LogP contribution in [0.2, 0.25) is 0 Å². The van der Waals surface area contributed by atoms with Gasteiger partial charge >= 0.3 is 0 Å². The van der Waals surface area contributed by atoms with Crippen LogP contribution >= 0.6 is 15.9 Å². The van der Waals surface area contributed by atoms with Crippen molar-refractivity contribution in [1.82, 2.24) is 0 Å². The maximum atomic E-state index is 12.4. The molecule has 3 rings (SSSR count). The van der Waals surface area contributed by atoms with Gasteiger partial charge in [0.05, 0.1) is 5.56 Å². The molecule has 0 unspecified atom stereocenters. The summed E-state index contributed by atoms with van der Waals surface area (Å²) in [5.41, 5.74) is 7.75. The second-order valence-corrected chi connectivity index (χ2v) is 6.73. The molecule has 0 spiro atoms. The van der Waals surface area contributed by atoms with Crippen LogP contribution in [-0.4, -0.2) is 11.8 Å². The fraction of sp³-hybridized carbons (Fsp3) is 0.0476. The first-order chi connectivity index (χ1) is 13.0. The molecule has 3 aromatic carbocycles. The number of anilines is 1. The van der Waals surface area contributed by atoms with Crippen molar-refractivity contribution in [2.45, 2.75) is 6.61 Å². The van der Waals surface area contributed by atoms with Gasteiger partial charge in [0.25, 0.3) is 11.8 Å². The van der Waals surface area contributed by atoms with E-state index in [0.717, 1.165) is 10.0 Å². The number of hydrogen-bond acceptors (Lipinski definition) is 3. The van der Waals surface area contributed by atoms with E-state index < -0.39 is 5.91 Å². The number of amides is 2. The molecule has 0 saturated carbocycles. The number of benzene rings is 3. The summed E-state index contributed by atoms with van der Waals surface area (Å²) in [6, 6.07) is 21.3. The zero-order valence-electron chi connectivity index (χ0n) is 14.3. The molecule has 0 fully saturated rings. The molecule has 0 aliphatic carbocycles. The van der Waals surface area contributed by atoms with E-state index in [1.54, 1.807) is 48.5 Å². The summed E-state index contributed by atoms with van der Waals surface area (Å²) in [4.78, 5) is 23.8. The highest BCUT2D eigenvalue weighted by Gasteiger charge is 2.09. The molecule has 6 heteroatoms. The molecular formula is C21H17BrN2O3. The molecule has 0 atom stereocenters. The zero-order valence-corrected chi connectivity index (χ0v) is 15.9. The first kappa shape index (κ1) is 18.7. The molecule has 0 radical (unpaired) electrons. The van der Waals surface area contributed by atoms with Gasteiger partial charge in [-0.2, -0.15) is 0 Å². The van der Waals surface area contributed by atoms with E-state index in [4.69, 9.17) is 10.5 Å². The first-order valence-corrected chi connectivity index (χ1v) is 9.00. The van der Waals surface area contributed by atoms with Gasteiger partial charge in [-0.25, -0.2) is 0 Å². The van der Waals surface area contributed by atoms with Gasteiger partial charge in [0.1, 0.15) is 12.4 Å². The average molecular weight is 425 g/mol. The Balaban J connectivity index is 1.69. The van der Waals surface area contributed by atoms with E-state index in [1.807, 2.05) is 24.3 Å². The highest BCUT2D eigenvalue weighted by molar-refractivity contribution is 9.10. The van der Waals surface area contributed by atoms with E-state index in [0.29, 0.717) is 22.6 Å². The Morgan fingerprint density at radius 2 is 1.74 bits per heavy atom. The van der Waals surface area contributed by atoms with Gasteiger partial charge in [0, 0.05) is 15.7 Å². The predicted molar refractivity (Wildman–Crippen MR) is 108 cm³/mol. The van der Waals surface area contributed by atoms with Gasteiger partial charge in [-0.1, -0.05) is 46.3 Å². The lowest BCUT2D eigenvalue weighted by Gasteiger charge is -2.11. The molecule has 3 N–H and O–H groups in total. The summed E-state index contributed by atoms with van der Waals surface area (Å²) < 4.78 is 6.56. The van der Waals surface area contributed by atoms with Crippen molar-refractivity contribution in [3.8, 4) is 5.75 Å². The number of rotatable bonds is 6. The van der Waals surface area contributed by atoms with E-state index in [2.05, 4.69) is 21.2 Å². The third-order valence-corrected chi connectivity index (χ3v) is 4.31. The molecule has 0 aliphatic heterocycles. The third-order valence-electron chi connectivity index (χ3n) is 3.82. The molecule has 0 heterocycles. The van der Waals surface area contributed by atoms with Crippen molar-refractivity contribution >= 4 is 33.4 Å². The van der Waals surface area contributed by atoms with Crippen molar-refractivity contribution in [3.05, 3.63) is 94.0 Å². The number of nitrogens with two attached hydrogens (primary N) is 1. The number of halogens is 1. The van der Waals surface area contributed by atoms with E-state index in [9.17, 15) is 9.59 Å². The summed E-state index contributed by atoms with van der Waals surface area (Å²) in [6.45, 7) is 0.241. The molecule has 0 aromatic heterocycles. The van der Waals surface area contributed by atoms with Gasteiger partial charge < -0.3 is 15.8 Å². The van der Waals surface area contributed by atoms with Gasteiger partial charge in [0.15, 0.2) is 0 Å². The number of carbonyl (C=O) groups is 2. The predicted octanol–water partition coefficient (Wildman–Crippen LogP) is 4.38. The summed E-state index contributed by atoms with van der Waals surface area (Å²) in [6.07, 6.45) is 0. The lowest BCUT2D eigenvalue weighted by molar-refractivity contribution is 0.0993. The fourth-order valence-electron chi connectivity index (χ4n) is 2.53. The number of hydrogen-bond donors (Lipinski definition) is 2. The molecule has 0 aliphatic rings. The van der Waals surface area contributed by atoms with Crippen LogP contribution in [0.4, 0.5) is 5.69 Å². The van der Waals surface area contributed by atoms with Crippen molar-refractivity contribution in [2.75, 3.05) is 5.32 Å². The topological polar surface area (TPSA) is 81.4 Å². The number of carbonyl (C=O) groups excluding carboxylic acids is 2. The van der Waals surface area contributed by atoms with E-state index in [-0.39, 0.29) is 12.5 Å². The minimum Gasteiger partial charge on any atom is -0.488 e. The van der Waals surface area contributed by atoms with Gasteiger partial charge in [0.2, 0.25) is 0 Å². The number of para-hydroxylation sites is 1. The molecular weight excluding hydrogens is 408 g/mol. The minimum atomic E-state index is -0.541. The molecule has 27 heavy (non-hydrogen) atoms. The van der Waals surface area contributed by atoms with E-state index >= 15 is 0 Å². The molecule has 0 saturated heterocycles. The Bertz CT molecular complexity index is 988. The summed E-state index contributed by atoms with van der Waals surface area (Å²) in [5, 5.41) is 2.86. The second-order valence-electron chi connectivity index (χ2n) is 5.81. The summed E-state index contributed by atoms with van der Waals surface area (Å²) >= 11 is 3.36. The van der Waals surface area contributed by atoms with Gasteiger partial charge in [-0.05, 0) is 48.0 Å². The molecule has 5 nitrogen and oxygen atoms in total. The highest BCUT2D eigenvalue weighted by Crippen LogP contribution is 2.20. The first-order valence-electron chi connectivity index (χ1n) is 8.20. The van der Waals surface area contributed by atoms with Crippen LogP contribution in [0.15, 0.2) is 77.3 Å². The number of nitrogens with one attached hydrogen (secondary N) is 1. The Morgan fingerprint density at radius 1 is 0.963 bits per heavy atom. The average Bonchev–Trinajstić information content (AvgIpc) is 2.67. The van der Waals surface area contributed by atoms with Crippen LogP contribution in [-0.2, 0) is 6.61 Å². The third kappa shape index (κ3) is 4.95. The second kappa shape index (κ2) is 8.51. The van der Waals surface area contributed by atoms with Crippen LogP contribution in [0.5, 0.6) is 5.75 Å². The van der Waals surface area contributed by atoms with Gasteiger partial charge in [-0.3, -0.25) is 9.59 Å². The Morgan fingerprint density at radius 3 is 2.52 bits per heavy atom. The molecule has 136 valence electrons. The Kier molecular flexibility index (Phi) is 5.88. The smallest absolute Gasteiger partial charge is 0.255 e. The Hall–Kier alpha value is -3.12. The SMILES string of the molecule is NC(=O)c1ccccc1OCc1cccc(NC(=O)c2cccc(Br)c2)c1. The highest BCUT2D eigenvalue weighted by atomic mass is 79.9. The normalized spacial score (nSPS) is 10.3. The molecule has 3 aromatic rings. The largest absolute Gasteiger partial charge is 0.488 e. The summed E-state index contributed by atoms with van der Waals surface area (Å²) in [7, 11) is 0. The van der Waals surface area contributed by atoms with Crippen LogP contribution in [0, 0.1) is 0 Å². The standard InChI is InChI=1S/C21H17BrN2O3/c22-16-7-4-6-15(12-16)21(26)24-17-8-3-5-14(11-17)13-27-19-10-2-1-9-18(19)20(23)25/h1-12H,13H2,(H2,23,25)(H,24,26). The molecule has 0 bridgehead atoms. The van der Waals surface area contributed by atoms with Crippen molar-refractivity contribution in [2.24, 2.45) is 5.73 Å². The fourth-order valence-corrected chi connectivity index (χ4v) is 2.93. The van der Waals surface area contributed by atoms with Crippen molar-refractivity contribution < 1.29 is 14.3 Å². The van der Waals surface area contributed by atoms with Gasteiger partial charge in [-0.15, -0.1) is 0 Å². The summed E-state index contributed by atoms with van der Waals surface area (Å²) in [5.74, 6) is -0.317. The molecule has 2 amide bonds. The monoisotopic (exact) mass is 424 g/mol. The van der Waals surface area contributed by atoms with E-state index in [1.165, 1.54) is 0 Å². The quantitative estimate of drug-likeness (QED) is 0.615. The minimum absolute atomic E-state index is 0.201. The lowest BCUT2D eigenvalue weighted by atomic mass is 10.1. The maximum absolute atomic E-state index is 12.4. The van der Waals surface area contributed by atoms with Crippen LogP contribution < -0.4 is 15.8 Å². The number of primary amides is 1. The van der Waals surface area contributed by atoms with Crippen LogP contribution in [0.1, 0.15) is 26.3 Å². The maximum Gasteiger partial charge on any atom is 0.255 e. The van der Waals surface area contributed by atoms with Crippen molar-refractivity contribution in [1.29, 1.82) is 0 Å². The lowest BCUT2D eigenvalue weighted by Crippen LogP contribution is -2.13. The Labute approximate surface area is 165 Å².